The Morgan fingerprint density at radius 1 is 1.32 bits per heavy atom. The number of allylic oxidation sites excluding steroid dienone is 4. The molecule has 1 amide bonds. The molecule has 1 heterocycles. The molecule has 1 aromatic rings. The predicted molar refractivity (Wildman–Crippen MR) is 88.7 cm³/mol. The molecule has 2 unspecified atom stereocenters. The molecule has 5 nitrogen and oxygen atoms in total. The number of nitrogens with one attached hydrogen (secondary N) is 3. The van der Waals surface area contributed by atoms with Gasteiger partial charge < -0.3 is 5.32 Å². The molecule has 22 heavy (non-hydrogen) atoms. The number of carbonyl (C=O) groups is 1. The molecule has 1 aliphatic rings. The molecule has 2 rings (SSSR count). The highest BCUT2D eigenvalue weighted by atomic mass is 16.1. The molecule has 0 spiro atoms. The monoisotopic (exact) mass is 302 g/mol. The average Bonchev–Trinajstić information content (AvgIpc) is 2.77. The van der Waals surface area contributed by atoms with Crippen LogP contribution < -0.4 is 5.32 Å². The summed E-state index contributed by atoms with van der Waals surface area (Å²) in [5.41, 5.74) is 1.39. The lowest BCUT2D eigenvalue weighted by molar-refractivity contribution is -0.126. The third-order valence-corrected chi connectivity index (χ3v) is 4.00. The van der Waals surface area contributed by atoms with E-state index in [9.17, 15) is 4.79 Å². The summed E-state index contributed by atoms with van der Waals surface area (Å²) in [5, 5.41) is 9.33. The lowest BCUT2D eigenvalue weighted by Gasteiger charge is -2.26. The Bertz CT molecular complexity index is 555. The number of aromatic nitrogens is 3. The topological polar surface area (TPSA) is 65.6 Å². The molecule has 1 aromatic heterocycles. The number of hydrogen-bond acceptors (Lipinski definition) is 1. The van der Waals surface area contributed by atoms with E-state index in [1.165, 1.54) is 5.57 Å². The largest absolute Gasteiger partial charge is 0.356 e. The summed E-state index contributed by atoms with van der Waals surface area (Å²) < 4.78 is 0. The molecule has 0 saturated heterocycles. The first-order valence-corrected chi connectivity index (χ1v) is 8.03. The van der Waals surface area contributed by atoms with Gasteiger partial charge in [-0.25, -0.2) is 4.80 Å². The van der Waals surface area contributed by atoms with Crippen molar-refractivity contribution in [3.05, 3.63) is 48.3 Å². The van der Waals surface area contributed by atoms with Gasteiger partial charge in [0, 0.05) is 18.9 Å². The summed E-state index contributed by atoms with van der Waals surface area (Å²) in [4.78, 5) is 14.4. The van der Waals surface area contributed by atoms with Gasteiger partial charge in [0.1, 0.15) is 0 Å². The van der Waals surface area contributed by atoms with E-state index in [1.807, 2.05) is 36.2 Å². The lowest BCUT2D eigenvalue weighted by Crippen LogP contribution is -2.36. The van der Waals surface area contributed by atoms with Crippen LogP contribution in [0.15, 0.2) is 48.3 Å². The summed E-state index contributed by atoms with van der Waals surface area (Å²) in [7, 11) is 0. The van der Waals surface area contributed by atoms with Crippen molar-refractivity contribution in [1.82, 2.24) is 20.3 Å². The third kappa shape index (κ3) is 4.16. The summed E-state index contributed by atoms with van der Waals surface area (Å²) in [6.45, 7) is 4.77. The van der Waals surface area contributed by atoms with E-state index in [2.05, 4.69) is 40.7 Å². The lowest BCUT2D eigenvalue weighted by atomic mass is 9.89. The number of aromatic amines is 2. The Balaban J connectivity index is 2.36. The molecule has 0 aliphatic heterocycles. The number of hydrogen-bond donors (Lipinski definition) is 3. The van der Waals surface area contributed by atoms with E-state index >= 15 is 0 Å². The number of amides is 1. The second-order valence-corrected chi connectivity index (χ2v) is 5.44. The minimum atomic E-state index is -0.105. The smallest absolute Gasteiger partial charge is 0.225 e. The molecule has 3 N–H and O–H groups in total. The normalized spacial score (nSPS) is 21.5. The van der Waals surface area contributed by atoms with Crippen LogP contribution in [0.3, 0.4) is 0 Å². The highest BCUT2D eigenvalue weighted by Crippen LogP contribution is 2.28. The van der Waals surface area contributed by atoms with Gasteiger partial charge >= 0.3 is 0 Å². The fourth-order valence-corrected chi connectivity index (χ4v) is 2.75. The summed E-state index contributed by atoms with van der Waals surface area (Å²) in [5.74, 6) is 0.00154. The molecule has 2 atom stereocenters. The zero-order valence-corrected chi connectivity index (χ0v) is 13.4. The second kappa shape index (κ2) is 8.32. The Morgan fingerprint density at radius 2 is 2.05 bits per heavy atom. The first-order chi connectivity index (χ1) is 10.8. The van der Waals surface area contributed by atoms with Crippen molar-refractivity contribution in [3.63, 3.8) is 0 Å². The molecule has 0 fully saturated rings. The minimum absolute atomic E-state index is 0.0615. The zero-order chi connectivity index (χ0) is 15.8. The van der Waals surface area contributed by atoms with Crippen LogP contribution in [-0.2, 0) is 4.79 Å². The quantitative estimate of drug-likeness (QED) is 0.785. The number of rotatable bonds is 4. The van der Waals surface area contributed by atoms with E-state index in [-0.39, 0.29) is 17.9 Å². The highest BCUT2D eigenvalue weighted by molar-refractivity contribution is 5.79. The number of H-pyrrole nitrogens is 2. The summed E-state index contributed by atoms with van der Waals surface area (Å²) in [6.07, 6.45) is 12.9. The van der Waals surface area contributed by atoms with Crippen molar-refractivity contribution in [2.45, 2.75) is 39.2 Å². The van der Waals surface area contributed by atoms with Gasteiger partial charge in [0.05, 0.1) is 12.0 Å². The van der Waals surface area contributed by atoms with Gasteiger partial charge in [-0.15, -0.1) is 0 Å². The standard InChI is InChI=1S/C17H26N4O/c1-3-14-8-7-9-16(21-19-12-5-6-13-20-21)15(11-10-14)17(22)18-4-2/h5-9,12-13,15-16,19-20H,3-4,10-11H2,1-2H3,(H,18,22). The van der Waals surface area contributed by atoms with Gasteiger partial charge in [-0.05, 0) is 38.3 Å². The summed E-state index contributed by atoms with van der Waals surface area (Å²) >= 11 is 0. The Labute approximate surface area is 131 Å². The van der Waals surface area contributed by atoms with Gasteiger partial charge in [-0.1, -0.05) is 30.7 Å². The molecule has 120 valence electrons. The van der Waals surface area contributed by atoms with Crippen LogP contribution >= 0.6 is 0 Å². The average molecular weight is 302 g/mol. The Morgan fingerprint density at radius 3 is 2.68 bits per heavy atom. The number of nitrogens with zero attached hydrogens (tertiary/aromatic N) is 1. The van der Waals surface area contributed by atoms with Crippen LogP contribution in [0.2, 0.25) is 0 Å². The first-order valence-electron chi connectivity index (χ1n) is 8.03. The Kier molecular flexibility index (Phi) is 6.13. The molecule has 1 aliphatic carbocycles. The maximum atomic E-state index is 12.5. The van der Waals surface area contributed by atoms with Crippen molar-refractivity contribution in [3.8, 4) is 0 Å². The van der Waals surface area contributed by atoms with Gasteiger partial charge in [-0.3, -0.25) is 15.0 Å². The van der Waals surface area contributed by atoms with Crippen LogP contribution in [0, 0.1) is 5.92 Å². The van der Waals surface area contributed by atoms with E-state index in [1.54, 1.807) is 0 Å². The van der Waals surface area contributed by atoms with Crippen molar-refractivity contribution in [2.75, 3.05) is 6.54 Å². The van der Waals surface area contributed by atoms with Crippen molar-refractivity contribution >= 4 is 5.91 Å². The van der Waals surface area contributed by atoms with Crippen LogP contribution in [0.25, 0.3) is 0 Å². The van der Waals surface area contributed by atoms with E-state index < -0.39 is 0 Å². The maximum absolute atomic E-state index is 12.5. The van der Waals surface area contributed by atoms with Gasteiger partial charge in [0.2, 0.25) is 5.91 Å². The highest BCUT2D eigenvalue weighted by Gasteiger charge is 2.28. The molecule has 0 radical (unpaired) electrons. The number of carbonyl (C=O) groups excluding carboxylic acids is 1. The molecule has 0 aromatic carbocycles. The Hall–Kier alpha value is -2.17. The van der Waals surface area contributed by atoms with Gasteiger partial charge in [0.25, 0.3) is 0 Å². The van der Waals surface area contributed by atoms with Crippen LogP contribution in [-0.4, -0.2) is 27.4 Å². The molecule has 5 heteroatoms. The van der Waals surface area contributed by atoms with Gasteiger partial charge in [-0.2, -0.15) is 0 Å². The fourth-order valence-electron chi connectivity index (χ4n) is 2.75. The molecular formula is C17H26N4O. The van der Waals surface area contributed by atoms with Crippen molar-refractivity contribution < 1.29 is 4.79 Å². The summed E-state index contributed by atoms with van der Waals surface area (Å²) in [6, 6.07) is 3.76. The minimum Gasteiger partial charge on any atom is -0.356 e. The predicted octanol–water partition coefficient (Wildman–Crippen LogP) is 3.25. The SMILES string of the molecule is CCNC(=O)C1CCC(CC)=CC=CC1n1[nH]cccc[nH]1. The molecule has 0 saturated carbocycles. The van der Waals surface area contributed by atoms with Crippen LogP contribution in [0.1, 0.15) is 39.2 Å². The van der Waals surface area contributed by atoms with E-state index in [0.717, 1.165) is 19.3 Å². The second-order valence-electron chi connectivity index (χ2n) is 5.44. The third-order valence-electron chi connectivity index (χ3n) is 4.00. The first kappa shape index (κ1) is 16.2. The van der Waals surface area contributed by atoms with Crippen molar-refractivity contribution in [1.29, 1.82) is 0 Å². The van der Waals surface area contributed by atoms with Gasteiger partial charge in [0.15, 0.2) is 0 Å². The van der Waals surface area contributed by atoms with Crippen LogP contribution in [0.5, 0.6) is 0 Å². The van der Waals surface area contributed by atoms with Crippen LogP contribution in [0.4, 0.5) is 0 Å². The zero-order valence-electron chi connectivity index (χ0n) is 13.4. The maximum Gasteiger partial charge on any atom is 0.225 e. The van der Waals surface area contributed by atoms with Crippen molar-refractivity contribution in [2.24, 2.45) is 5.92 Å². The fraction of sp³-hybridized carbons (Fsp3) is 0.471. The van der Waals surface area contributed by atoms with E-state index in [0.29, 0.717) is 6.54 Å². The van der Waals surface area contributed by atoms with E-state index in [4.69, 9.17) is 0 Å². The molecule has 0 bridgehead atoms. The molecular weight excluding hydrogens is 276 g/mol.